The molecule has 4 atom stereocenters. The molecule has 0 aromatic rings. The Balaban J connectivity index is 1.92. The zero-order valence-corrected chi connectivity index (χ0v) is 19.9. The molecular weight excluding hydrogens is 362 g/mol. The van der Waals surface area contributed by atoms with E-state index in [1.165, 1.54) is 50.5 Å². The molecule has 0 aromatic heterocycles. The van der Waals surface area contributed by atoms with E-state index in [2.05, 4.69) is 51.2 Å². The third kappa shape index (κ3) is 5.81. The molecule has 2 aliphatic rings. The van der Waals surface area contributed by atoms with Gasteiger partial charge in [-0.15, -0.1) is 0 Å². The summed E-state index contributed by atoms with van der Waals surface area (Å²) in [4.78, 5) is 0. The molecule has 3 unspecified atom stereocenters. The predicted molar refractivity (Wildman–Crippen MR) is 126 cm³/mol. The molecule has 3 nitrogen and oxygen atoms in total. The summed E-state index contributed by atoms with van der Waals surface area (Å²) in [6.45, 7) is 14.5. The van der Waals surface area contributed by atoms with Crippen molar-refractivity contribution in [2.24, 2.45) is 39.4 Å². The van der Waals surface area contributed by atoms with Crippen molar-refractivity contribution >= 4 is 23.0 Å². The molecule has 2 saturated carbocycles. The van der Waals surface area contributed by atoms with Crippen LogP contribution in [0.2, 0.25) is 0 Å². The summed E-state index contributed by atoms with van der Waals surface area (Å²) < 4.78 is 0. The van der Waals surface area contributed by atoms with Crippen LogP contribution in [0.4, 0.5) is 0 Å². The molecule has 0 aromatic carbocycles. The van der Waals surface area contributed by atoms with Gasteiger partial charge in [0.05, 0.1) is 0 Å². The molecule has 3 N–H and O–H groups in total. The molecule has 2 rings (SSSR count). The number of hydrazone groups is 1. The standard InChI is InChI=1S/C24H43N3S/c1-17(9-7-10-19(3)26-27-22(25)28)11-13-20-18(2)12-14-21-23(4,5)15-8-16-24(20,21)6/h9,18,20-21H,7-8,10-16H2,1-6H3,(H3,25,27,28)/t18?,20?,21?,24-/m1/s1. The van der Waals surface area contributed by atoms with Gasteiger partial charge in [-0.25, -0.2) is 0 Å². The van der Waals surface area contributed by atoms with Crippen LogP contribution in [0.3, 0.4) is 0 Å². The summed E-state index contributed by atoms with van der Waals surface area (Å²) in [6.07, 6.45) is 14.1. The van der Waals surface area contributed by atoms with Crippen molar-refractivity contribution in [3.05, 3.63) is 11.6 Å². The minimum atomic E-state index is 0.227. The van der Waals surface area contributed by atoms with Crippen LogP contribution in [0.25, 0.3) is 0 Å². The SMILES string of the molecule is CC(=CCCC(C)=NNC(N)=S)CCC1C(C)CCC2C(C)(C)CCC[C@]12C. The van der Waals surface area contributed by atoms with Gasteiger partial charge in [0, 0.05) is 5.71 Å². The van der Waals surface area contributed by atoms with E-state index in [4.69, 9.17) is 18.0 Å². The highest BCUT2D eigenvalue weighted by atomic mass is 32.1. The Hall–Kier alpha value is -0.900. The number of hydrogen-bond donors (Lipinski definition) is 2. The summed E-state index contributed by atoms with van der Waals surface area (Å²) in [7, 11) is 0. The lowest BCUT2D eigenvalue weighted by Crippen LogP contribution is -2.51. The molecule has 2 aliphatic carbocycles. The first-order valence-corrected chi connectivity index (χ1v) is 11.7. The Kier molecular flexibility index (Phi) is 8.13. The predicted octanol–water partition coefficient (Wildman–Crippen LogP) is 6.58. The molecule has 0 radical (unpaired) electrons. The van der Waals surface area contributed by atoms with Gasteiger partial charge in [-0.2, -0.15) is 5.10 Å². The maximum Gasteiger partial charge on any atom is 0.184 e. The summed E-state index contributed by atoms with van der Waals surface area (Å²) in [5, 5.41) is 4.42. The molecule has 160 valence electrons. The van der Waals surface area contributed by atoms with Crippen LogP contribution in [-0.4, -0.2) is 10.8 Å². The Labute approximate surface area is 179 Å². The van der Waals surface area contributed by atoms with Gasteiger partial charge in [-0.1, -0.05) is 52.2 Å². The Morgan fingerprint density at radius 2 is 1.89 bits per heavy atom. The third-order valence-electron chi connectivity index (χ3n) is 7.93. The van der Waals surface area contributed by atoms with Gasteiger partial charge in [0.1, 0.15) is 0 Å². The fraction of sp³-hybridized carbons (Fsp3) is 0.833. The fourth-order valence-electron chi connectivity index (χ4n) is 6.44. The highest BCUT2D eigenvalue weighted by Gasteiger charge is 2.53. The van der Waals surface area contributed by atoms with Gasteiger partial charge in [-0.05, 0) is 99.6 Å². The Bertz CT molecular complexity index is 607. The van der Waals surface area contributed by atoms with E-state index in [1.54, 1.807) is 0 Å². The van der Waals surface area contributed by atoms with Crippen molar-refractivity contribution in [1.82, 2.24) is 5.43 Å². The van der Waals surface area contributed by atoms with E-state index in [1.807, 2.05) is 6.92 Å². The lowest BCUT2D eigenvalue weighted by molar-refractivity contribution is -0.0957. The minimum absolute atomic E-state index is 0.227. The second-order valence-corrected chi connectivity index (χ2v) is 11.0. The lowest BCUT2D eigenvalue weighted by Gasteiger charge is -2.59. The van der Waals surface area contributed by atoms with Crippen LogP contribution in [0.15, 0.2) is 16.8 Å². The van der Waals surface area contributed by atoms with Gasteiger partial charge in [0.2, 0.25) is 0 Å². The quantitative estimate of drug-likeness (QED) is 0.218. The number of rotatable bonds is 7. The molecule has 0 saturated heterocycles. The minimum Gasteiger partial charge on any atom is -0.375 e. The van der Waals surface area contributed by atoms with Crippen molar-refractivity contribution in [3.8, 4) is 0 Å². The second-order valence-electron chi connectivity index (χ2n) is 10.5. The lowest BCUT2D eigenvalue weighted by atomic mass is 9.46. The highest BCUT2D eigenvalue weighted by molar-refractivity contribution is 7.80. The molecule has 0 spiro atoms. The van der Waals surface area contributed by atoms with Crippen LogP contribution in [-0.2, 0) is 0 Å². The molecule has 4 heteroatoms. The van der Waals surface area contributed by atoms with Crippen molar-refractivity contribution in [3.63, 3.8) is 0 Å². The molecule has 2 fully saturated rings. The number of hydrogen-bond acceptors (Lipinski definition) is 2. The summed E-state index contributed by atoms with van der Waals surface area (Å²) >= 11 is 4.79. The van der Waals surface area contributed by atoms with Gasteiger partial charge >= 0.3 is 0 Å². The summed E-state index contributed by atoms with van der Waals surface area (Å²) in [5.41, 5.74) is 11.7. The fourth-order valence-corrected chi connectivity index (χ4v) is 6.49. The van der Waals surface area contributed by atoms with Gasteiger partial charge in [0.25, 0.3) is 0 Å². The summed E-state index contributed by atoms with van der Waals surface area (Å²) in [5.74, 6) is 2.63. The van der Waals surface area contributed by atoms with Crippen molar-refractivity contribution < 1.29 is 0 Å². The third-order valence-corrected chi connectivity index (χ3v) is 8.02. The van der Waals surface area contributed by atoms with Crippen molar-refractivity contribution in [1.29, 1.82) is 0 Å². The van der Waals surface area contributed by atoms with Crippen molar-refractivity contribution in [2.75, 3.05) is 0 Å². The van der Waals surface area contributed by atoms with E-state index in [0.717, 1.165) is 36.3 Å². The number of nitrogens with two attached hydrogens (primary N) is 1. The molecule has 0 aliphatic heterocycles. The molecule has 28 heavy (non-hydrogen) atoms. The normalized spacial score (nSPS) is 33.3. The van der Waals surface area contributed by atoms with E-state index in [0.29, 0.717) is 10.8 Å². The van der Waals surface area contributed by atoms with Crippen molar-refractivity contribution in [2.45, 2.75) is 99.3 Å². The topological polar surface area (TPSA) is 50.4 Å². The monoisotopic (exact) mass is 405 g/mol. The smallest absolute Gasteiger partial charge is 0.184 e. The zero-order chi connectivity index (χ0) is 20.9. The average molecular weight is 406 g/mol. The van der Waals surface area contributed by atoms with Gasteiger partial charge < -0.3 is 5.73 Å². The number of fused-ring (bicyclic) bond motifs is 1. The zero-order valence-electron chi connectivity index (χ0n) is 19.1. The van der Waals surface area contributed by atoms with E-state index >= 15 is 0 Å². The first-order chi connectivity index (χ1) is 13.1. The number of thiocarbonyl (C=S) groups is 1. The van der Waals surface area contributed by atoms with Gasteiger partial charge in [0.15, 0.2) is 5.11 Å². The molecular formula is C24H43N3S. The van der Waals surface area contributed by atoms with Gasteiger partial charge in [-0.3, -0.25) is 5.43 Å². The van der Waals surface area contributed by atoms with Crippen LogP contribution in [0, 0.1) is 28.6 Å². The Morgan fingerprint density at radius 3 is 2.57 bits per heavy atom. The first-order valence-electron chi connectivity index (χ1n) is 11.3. The maximum atomic E-state index is 5.41. The highest BCUT2D eigenvalue weighted by Crippen LogP contribution is 2.62. The van der Waals surface area contributed by atoms with Crippen LogP contribution >= 0.6 is 12.2 Å². The van der Waals surface area contributed by atoms with E-state index in [9.17, 15) is 0 Å². The molecule has 0 heterocycles. The Morgan fingerprint density at radius 1 is 1.18 bits per heavy atom. The largest absolute Gasteiger partial charge is 0.375 e. The molecule has 0 bridgehead atoms. The average Bonchev–Trinajstić information content (AvgIpc) is 2.58. The van der Waals surface area contributed by atoms with E-state index < -0.39 is 0 Å². The number of nitrogens with zero attached hydrogens (tertiary/aromatic N) is 1. The van der Waals surface area contributed by atoms with E-state index in [-0.39, 0.29) is 5.11 Å². The maximum absolute atomic E-state index is 5.41. The first kappa shape index (κ1) is 23.4. The van der Waals surface area contributed by atoms with Crippen LogP contribution in [0.5, 0.6) is 0 Å². The summed E-state index contributed by atoms with van der Waals surface area (Å²) in [6, 6.07) is 0. The second kappa shape index (κ2) is 9.73. The number of allylic oxidation sites excluding steroid dienone is 2. The van der Waals surface area contributed by atoms with Crippen LogP contribution in [0.1, 0.15) is 99.3 Å². The molecule has 0 amide bonds. The number of nitrogens with one attached hydrogen (secondary N) is 1. The van der Waals surface area contributed by atoms with Crippen LogP contribution < -0.4 is 11.2 Å².